The topological polar surface area (TPSA) is 20.2 Å². The molecule has 1 saturated carbocycles. The van der Waals surface area contributed by atoms with Crippen LogP contribution in [-0.4, -0.2) is 5.11 Å². The minimum Gasteiger partial charge on any atom is -0.513 e. The molecule has 0 amide bonds. The molecule has 1 nitrogen and oxygen atoms in total. The van der Waals surface area contributed by atoms with Gasteiger partial charge in [-0.15, -0.1) is 0 Å². The number of aliphatic hydroxyl groups excluding tert-OH is 1. The number of aryl methyl sites for hydroxylation is 2. The summed E-state index contributed by atoms with van der Waals surface area (Å²) in [5.74, 6) is 0.199. The van der Waals surface area contributed by atoms with Gasteiger partial charge in [-0.2, -0.15) is 0 Å². The number of rotatable bonds is 9. The van der Waals surface area contributed by atoms with Gasteiger partial charge in [0.2, 0.25) is 0 Å². The number of hydrogen-bond donors (Lipinski definition) is 1. The van der Waals surface area contributed by atoms with E-state index in [4.69, 9.17) is 0 Å². The Bertz CT molecular complexity index is 1300. The Balaban J connectivity index is 1.65. The lowest BCUT2D eigenvalue weighted by atomic mass is 9.69. The molecule has 0 aliphatic heterocycles. The molecule has 0 spiro atoms. The molecule has 0 saturated heterocycles. The number of benzene rings is 3. The molecule has 0 unspecified atom stereocenters. The lowest BCUT2D eigenvalue weighted by molar-refractivity contribution is 0.287. The van der Waals surface area contributed by atoms with Gasteiger partial charge in [-0.3, -0.25) is 0 Å². The highest BCUT2D eigenvalue weighted by Gasteiger charge is 2.31. The molecule has 38 heavy (non-hydrogen) atoms. The molecule has 200 valence electrons. The summed E-state index contributed by atoms with van der Waals surface area (Å²) >= 11 is 0. The van der Waals surface area contributed by atoms with Crippen molar-refractivity contribution >= 4 is 6.08 Å². The fraction of sp³-hybridized carbons (Fsp3) is 0.405. The van der Waals surface area contributed by atoms with Gasteiger partial charge in [0.05, 0.1) is 5.76 Å². The minimum absolute atomic E-state index is 0.0118. The standard InChI is InChI=1S/C37H46O/c1-7-37(8-2,33-16-15-31(27(3)23-33)19-22-36(6)20-10-9-11-21-36)34-17-18-35(28(4)24-34)32-14-12-13-30(26-32)25-29(5)38/h12-19,22-24,26,38H,5,7-11,20-21,25H2,1-4,6H3/b22-19+. The molecule has 3 aromatic carbocycles. The fourth-order valence-corrected chi connectivity index (χ4v) is 6.58. The summed E-state index contributed by atoms with van der Waals surface area (Å²) in [6.45, 7) is 15.2. The van der Waals surface area contributed by atoms with E-state index < -0.39 is 0 Å². The first-order valence-electron chi connectivity index (χ1n) is 14.6. The average molecular weight is 507 g/mol. The van der Waals surface area contributed by atoms with Crippen LogP contribution in [0.5, 0.6) is 0 Å². The number of hydrogen-bond acceptors (Lipinski definition) is 1. The van der Waals surface area contributed by atoms with E-state index in [0.29, 0.717) is 11.8 Å². The van der Waals surface area contributed by atoms with Gasteiger partial charge in [0.15, 0.2) is 0 Å². The first kappa shape index (κ1) is 28.0. The Morgan fingerprint density at radius 2 is 1.55 bits per heavy atom. The van der Waals surface area contributed by atoms with E-state index >= 15 is 0 Å². The van der Waals surface area contributed by atoms with Crippen LogP contribution in [0.3, 0.4) is 0 Å². The quantitative estimate of drug-likeness (QED) is 0.286. The van der Waals surface area contributed by atoms with Crippen molar-refractivity contribution in [3.05, 3.63) is 112 Å². The molecule has 1 N–H and O–H groups in total. The van der Waals surface area contributed by atoms with Crippen LogP contribution in [0.25, 0.3) is 17.2 Å². The van der Waals surface area contributed by atoms with Crippen molar-refractivity contribution in [2.24, 2.45) is 5.41 Å². The smallest absolute Gasteiger partial charge is 0.0894 e. The van der Waals surface area contributed by atoms with E-state index in [1.54, 1.807) is 0 Å². The molecular weight excluding hydrogens is 460 g/mol. The molecule has 0 radical (unpaired) electrons. The molecule has 1 aliphatic carbocycles. The third-order valence-electron chi connectivity index (χ3n) is 9.12. The highest BCUT2D eigenvalue weighted by atomic mass is 16.3. The van der Waals surface area contributed by atoms with Gasteiger partial charge in [0, 0.05) is 11.8 Å². The van der Waals surface area contributed by atoms with Crippen LogP contribution < -0.4 is 0 Å². The van der Waals surface area contributed by atoms with Crippen molar-refractivity contribution < 1.29 is 5.11 Å². The molecule has 0 aromatic heterocycles. The van der Waals surface area contributed by atoms with Crippen LogP contribution in [0.4, 0.5) is 0 Å². The summed E-state index contributed by atoms with van der Waals surface area (Å²) in [7, 11) is 0. The minimum atomic E-state index is -0.0118. The van der Waals surface area contributed by atoms with Gasteiger partial charge >= 0.3 is 0 Å². The summed E-state index contributed by atoms with van der Waals surface area (Å²) in [5.41, 5.74) is 10.6. The summed E-state index contributed by atoms with van der Waals surface area (Å²) in [5, 5.41) is 9.65. The maximum absolute atomic E-state index is 9.65. The van der Waals surface area contributed by atoms with Crippen molar-refractivity contribution in [2.45, 2.75) is 91.4 Å². The van der Waals surface area contributed by atoms with E-state index in [1.807, 2.05) is 6.07 Å². The van der Waals surface area contributed by atoms with Crippen molar-refractivity contribution in [3.8, 4) is 11.1 Å². The summed E-state index contributed by atoms with van der Waals surface area (Å²) in [6.07, 6.45) is 14.2. The average Bonchev–Trinajstić information content (AvgIpc) is 2.89. The zero-order chi connectivity index (χ0) is 27.3. The lowest BCUT2D eigenvalue weighted by Gasteiger charge is -2.34. The predicted molar refractivity (Wildman–Crippen MR) is 165 cm³/mol. The number of allylic oxidation sites excluding steroid dienone is 2. The summed E-state index contributed by atoms with van der Waals surface area (Å²) in [4.78, 5) is 0. The zero-order valence-corrected chi connectivity index (χ0v) is 24.2. The Kier molecular flexibility index (Phi) is 8.66. The third kappa shape index (κ3) is 5.98. The predicted octanol–water partition coefficient (Wildman–Crippen LogP) is 10.7. The molecule has 0 heterocycles. The Hall–Kier alpha value is -3.06. The number of aliphatic hydroxyl groups is 1. The molecular formula is C37H46O. The third-order valence-corrected chi connectivity index (χ3v) is 9.12. The molecule has 3 aromatic rings. The molecule has 0 bridgehead atoms. The molecule has 0 atom stereocenters. The van der Waals surface area contributed by atoms with Crippen molar-refractivity contribution in [2.75, 3.05) is 0 Å². The van der Waals surface area contributed by atoms with Gasteiger partial charge in [0.1, 0.15) is 0 Å². The first-order valence-corrected chi connectivity index (χ1v) is 14.6. The van der Waals surface area contributed by atoms with Gasteiger partial charge < -0.3 is 5.11 Å². The van der Waals surface area contributed by atoms with Gasteiger partial charge in [-0.25, -0.2) is 0 Å². The van der Waals surface area contributed by atoms with Crippen LogP contribution in [-0.2, 0) is 11.8 Å². The van der Waals surface area contributed by atoms with Crippen LogP contribution in [0.2, 0.25) is 0 Å². The van der Waals surface area contributed by atoms with E-state index in [1.165, 1.54) is 71.0 Å². The molecule has 1 fully saturated rings. The fourth-order valence-electron chi connectivity index (χ4n) is 6.58. The molecule has 1 aliphatic rings. The van der Waals surface area contributed by atoms with Crippen LogP contribution in [0.1, 0.15) is 99.1 Å². The van der Waals surface area contributed by atoms with E-state index in [2.05, 4.69) is 108 Å². The van der Waals surface area contributed by atoms with Crippen LogP contribution in [0.15, 0.2) is 79.1 Å². The van der Waals surface area contributed by atoms with Crippen LogP contribution >= 0.6 is 0 Å². The van der Waals surface area contributed by atoms with Gasteiger partial charge in [-0.1, -0.05) is 119 Å². The second kappa shape index (κ2) is 11.8. The Morgan fingerprint density at radius 3 is 2.16 bits per heavy atom. The van der Waals surface area contributed by atoms with Crippen molar-refractivity contribution in [1.29, 1.82) is 0 Å². The summed E-state index contributed by atoms with van der Waals surface area (Å²) < 4.78 is 0. The highest BCUT2D eigenvalue weighted by Crippen LogP contribution is 2.42. The molecule has 1 heteroatoms. The molecule has 4 rings (SSSR count). The van der Waals surface area contributed by atoms with E-state index in [9.17, 15) is 5.11 Å². The lowest BCUT2D eigenvalue weighted by Crippen LogP contribution is -2.26. The van der Waals surface area contributed by atoms with Crippen molar-refractivity contribution in [1.82, 2.24) is 0 Å². The second-order valence-electron chi connectivity index (χ2n) is 11.9. The van der Waals surface area contributed by atoms with E-state index in [0.717, 1.165) is 18.4 Å². The van der Waals surface area contributed by atoms with E-state index in [-0.39, 0.29) is 11.2 Å². The zero-order valence-electron chi connectivity index (χ0n) is 24.2. The normalized spacial score (nSPS) is 15.6. The first-order chi connectivity index (χ1) is 18.2. The highest BCUT2D eigenvalue weighted by molar-refractivity contribution is 5.69. The monoisotopic (exact) mass is 506 g/mol. The van der Waals surface area contributed by atoms with Gasteiger partial charge in [0.25, 0.3) is 0 Å². The van der Waals surface area contributed by atoms with Crippen molar-refractivity contribution in [3.63, 3.8) is 0 Å². The van der Waals surface area contributed by atoms with Crippen LogP contribution in [0, 0.1) is 19.3 Å². The largest absolute Gasteiger partial charge is 0.513 e. The summed E-state index contributed by atoms with van der Waals surface area (Å²) in [6, 6.07) is 22.6. The maximum Gasteiger partial charge on any atom is 0.0894 e. The van der Waals surface area contributed by atoms with Gasteiger partial charge in [-0.05, 0) is 89.5 Å². The SMILES string of the molecule is C=C(O)Cc1cccc(-c2ccc(C(CC)(CC)c3ccc(/C=C/C4(C)CCCCC4)c(C)c3)cc2C)c1. The Labute approximate surface area is 231 Å². The maximum atomic E-state index is 9.65. The second-order valence-corrected chi connectivity index (χ2v) is 11.9. The Morgan fingerprint density at radius 1 is 0.895 bits per heavy atom.